The predicted octanol–water partition coefficient (Wildman–Crippen LogP) is 6.46. The Bertz CT molecular complexity index is 1220. The fourth-order valence-electron chi connectivity index (χ4n) is 4.90. The van der Waals surface area contributed by atoms with Gasteiger partial charge >= 0.3 is 0 Å². The number of benzene rings is 3. The third-order valence-corrected chi connectivity index (χ3v) is 6.56. The number of anilines is 2. The molecule has 0 unspecified atom stereocenters. The summed E-state index contributed by atoms with van der Waals surface area (Å²) in [5, 5.41) is 7.24. The minimum atomic E-state index is -0.288. The smallest absolute Gasteiger partial charge is 0.163 e. The van der Waals surface area contributed by atoms with Crippen LogP contribution in [0.3, 0.4) is 0 Å². The van der Waals surface area contributed by atoms with E-state index < -0.39 is 0 Å². The molecule has 1 heterocycles. The standard InChI is InChI=1S/C29H30N2O3/c1-3-15-34-26-14-13-20(18-27(26)33-2)29-28-24(30-22-11-7-8-12-23(22)31-29)16-21(17-25(28)32)19-9-5-4-6-10-19/h4-14,18,21,29-31H,3,15-17H2,1-2H3/t21-,29-/m0/s1. The number of nitrogens with one attached hydrogen (secondary N) is 2. The van der Waals surface area contributed by atoms with Gasteiger partial charge in [-0.25, -0.2) is 0 Å². The van der Waals surface area contributed by atoms with Gasteiger partial charge in [-0.1, -0.05) is 55.5 Å². The number of ether oxygens (including phenoxy) is 2. The van der Waals surface area contributed by atoms with E-state index in [2.05, 4.69) is 29.7 Å². The van der Waals surface area contributed by atoms with Gasteiger partial charge in [-0.15, -0.1) is 0 Å². The molecule has 2 aliphatic rings. The molecule has 34 heavy (non-hydrogen) atoms. The summed E-state index contributed by atoms with van der Waals surface area (Å²) < 4.78 is 11.5. The highest BCUT2D eigenvalue weighted by atomic mass is 16.5. The van der Waals surface area contributed by atoms with E-state index in [4.69, 9.17) is 9.47 Å². The van der Waals surface area contributed by atoms with E-state index in [1.807, 2.05) is 60.7 Å². The van der Waals surface area contributed by atoms with E-state index >= 15 is 0 Å². The largest absolute Gasteiger partial charge is 0.493 e. The second kappa shape index (κ2) is 9.64. The molecule has 3 aromatic rings. The van der Waals surface area contributed by atoms with Crippen LogP contribution in [0.5, 0.6) is 11.5 Å². The number of carbonyl (C=O) groups excluding carboxylic acids is 1. The van der Waals surface area contributed by atoms with Crippen LogP contribution < -0.4 is 20.1 Å². The van der Waals surface area contributed by atoms with Crippen molar-refractivity contribution < 1.29 is 14.3 Å². The number of hydrogen-bond acceptors (Lipinski definition) is 5. The molecule has 0 saturated heterocycles. The lowest BCUT2D eigenvalue weighted by atomic mass is 9.78. The van der Waals surface area contributed by atoms with Crippen LogP contribution in [0.1, 0.15) is 49.3 Å². The molecule has 3 aromatic carbocycles. The highest BCUT2D eigenvalue weighted by Crippen LogP contribution is 2.45. The maximum atomic E-state index is 13.7. The Labute approximate surface area is 200 Å². The number of carbonyl (C=O) groups is 1. The van der Waals surface area contributed by atoms with Gasteiger partial charge < -0.3 is 20.1 Å². The molecule has 2 N–H and O–H groups in total. The molecule has 5 nitrogen and oxygen atoms in total. The summed E-state index contributed by atoms with van der Waals surface area (Å²) in [6, 6.07) is 24.1. The van der Waals surface area contributed by atoms with E-state index in [1.54, 1.807) is 7.11 Å². The molecule has 2 atom stereocenters. The second-order valence-electron chi connectivity index (χ2n) is 8.84. The number of fused-ring (bicyclic) bond motifs is 1. The Morgan fingerprint density at radius 3 is 2.41 bits per heavy atom. The SMILES string of the molecule is CCCOc1ccc([C@@H]2Nc3ccccc3NC3=C2C(=O)C[C@@H](c2ccccc2)C3)cc1OC. The molecule has 0 saturated carbocycles. The van der Waals surface area contributed by atoms with Crippen molar-refractivity contribution in [1.29, 1.82) is 0 Å². The highest BCUT2D eigenvalue weighted by molar-refractivity contribution is 6.01. The number of methoxy groups -OCH3 is 1. The van der Waals surface area contributed by atoms with Gasteiger partial charge in [-0.2, -0.15) is 0 Å². The van der Waals surface area contributed by atoms with Crippen molar-refractivity contribution in [2.45, 2.75) is 38.1 Å². The van der Waals surface area contributed by atoms with Crippen LogP contribution in [0.25, 0.3) is 0 Å². The molecule has 0 amide bonds. The van der Waals surface area contributed by atoms with Crippen LogP contribution in [-0.2, 0) is 4.79 Å². The lowest BCUT2D eigenvalue weighted by molar-refractivity contribution is -0.116. The van der Waals surface area contributed by atoms with E-state index in [0.29, 0.717) is 24.5 Å². The average Bonchev–Trinajstić information content (AvgIpc) is 3.05. The number of allylic oxidation sites excluding steroid dienone is 1. The van der Waals surface area contributed by atoms with Crippen molar-refractivity contribution in [1.82, 2.24) is 0 Å². The number of hydrogen-bond donors (Lipinski definition) is 2. The number of rotatable bonds is 6. The average molecular weight is 455 g/mol. The van der Waals surface area contributed by atoms with Gasteiger partial charge in [0, 0.05) is 17.7 Å². The molecular formula is C29H30N2O3. The van der Waals surface area contributed by atoms with Crippen molar-refractivity contribution in [2.75, 3.05) is 24.4 Å². The Hall–Kier alpha value is -3.73. The Kier molecular flexibility index (Phi) is 6.26. The third kappa shape index (κ3) is 4.26. The van der Waals surface area contributed by atoms with E-state index in [-0.39, 0.29) is 17.7 Å². The van der Waals surface area contributed by atoms with Gasteiger partial charge in [0.15, 0.2) is 17.3 Å². The topological polar surface area (TPSA) is 59.6 Å². The predicted molar refractivity (Wildman–Crippen MR) is 136 cm³/mol. The molecule has 0 bridgehead atoms. The lowest BCUT2D eigenvalue weighted by Gasteiger charge is -2.30. The summed E-state index contributed by atoms with van der Waals surface area (Å²) in [7, 11) is 1.65. The summed E-state index contributed by atoms with van der Waals surface area (Å²) in [5.41, 5.74) is 5.90. The van der Waals surface area contributed by atoms with Crippen LogP contribution in [0.15, 0.2) is 84.1 Å². The zero-order chi connectivity index (χ0) is 23.5. The van der Waals surface area contributed by atoms with Crippen molar-refractivity contribution in [3.63, 3.8) is 0 Å². The normalized spacial score (nSPS) is 19.3. The first-order chi connectivity index (χ1) is 16.7. The zero-order valence-electron chi connectivity index (χ0n) is 19.6. The van der Waals surface area contributed by atoms with Crippen LogP contribution in [-0.4, -0.2) is 19.5 Å². The quantitative estimate of drug-likeness (QED) is 0.447. The Morgan fingerprint density at radius 2 is 1.65 bits per heavy atom. The van der Waals surface area contributed by atoms with Crippen LogP contribution in [0.2, 0.25) is 0 Å². The van der Waals surface area contributed by atoms with E-state index in [9.17, 15) is 4.79 Å². The first-order valence-corrected chi connectivity index (χ1v) is 11.9. The maximum absolute atomic E-state index is 13.7. The minimum Gasteiger partial charge on any atom is -0.493 e. The highest BCUT2D eigenvalue weighted by Gasteiger charge is 2.36. The molecule has 1 aliphatic carbocycles. The van der Waals surface area contributed by atoms with Gasteiger partial charge in [0.1, 0.15) is 0 Å². The first kappa shape index (κ1) is 22.1. The Balaban J connectivity index is 1.58. The van der Waals surface area contributed by atoms with Gasteiger partial charge in [0.25, 0.3) is 0 Å². The summed E-state index contributed by atoms with van der Waals surface area (Å²) >= 11 is 0. The lowest BCUT2D eigenvalue weighted by Crippen LogP contribution is -2.26. The molecule has 0 aromatic heterocycles. The maximum Gasteiger partial charge on any atom is 0.163 e. The van der Waals surface area contributed by atoms with Gasteiger partial charge in [-0.3, -0.25) is 4.79 Å². The summed E-state index contributed by atoms with van der Waals surface area (Å²) in [5.74, 6) is 1.71. The van der Waals surface area contributed by atoms with Crippen molar-refractivity contribution in [2.24, 2.45) is 0 Å². The molecule has 0 spiro atoms. The fourth-order valence-corrected chi connectivity index (χ4v) is 4.90. The zero-order valence-corrected chi connectivity index (χ0v) is 19.6. The summed E-state index contributed by atoms with van der Waals surface area (Å²) in [4.78, 5) is 13.7. The van der Waals surface area contributed by atoms with E-state index in [1.165, 1.54) is 5.56 Å². The monoisotopic (exact) mass is 454 g/mol. The molecule has 174 valence electrons. The number of Topliss-reactive ketones (excluding diaryl/α,β-unsaturated/α-hetero) is 1. The van der Waals surface area contributed by atoms with Crippen LogP contribution >= 0.6 is 0 Å². The van der Waals surface area contributed by atoms with Gasteiger partial charge in [0.05, 0.1) is 31.1 Å². The third-order valence-electron chi connectivity index (χ3n) is 6.56. The molecule has 0 fully saturated rings. The summed E-state index contributed by atoms with van der Waals surface area (Å²) in [6.07, 6.45) is 2.20. The van der Waals surface area contributed by atoms with Gasteiger partial charge in [-0.05, 0) is 54.2 Å². The number of ketones is 1. The van der Waals surface area contributed by atoms with Crippen LogP contribution in [0.4, 0.5) is 11.4 Å². The molecule has 5 heteroatoms. The van der Waals surface area contributed by atoms with E-state index in [0.717, 1.165) is 41.1 Å². The van der Waals surface area contributed by atoms with Gasteiger partial charge in [0.2, 0.25) is 0 Å². The van der Waals surface area contributed by atoms with Crippen molar-refractivity contribution >= 4 is 17.2 Å². The molecule has 5 rings (SSSR count). The van der Waals surface area contributed by atoms with Crippen molar-refractivity contribution in [3.05, 3.63) is 95.2 Å². The van der Waals surface area contributed by atoms with Crippen LogP contribution in [0, 0.1) is 0 Å². The summed E-state index contributed by atoms with van der Waals surface area (Å²) in [6.45, 7) is 2.70. The fraction of sp³-hybridized carbons (Fsp3) is 0.276. The number of para-hydroxylation sites is 2. The Morgan fingerprint density at radius 1 is 0.882 bits per heavy atom. The first-order valence-electron chi connectivity index (χ1n) is 11.9. The molecule has 0 radical (unpaired) electrons. The second-order valence-corrected chi connectivity index (χ2v) is 8.84. The minimum absolute atomic E-state index is 0.158. The molecular weight excluding hydrogens is 424 g/mol. The molecule has 1 aliphatic heterocycles. The van der Waals surface area contributed by atoms with Crippen molar-refractivity contribution in [3.8, 4) is 11.5 Å².